The zero-order chi connectivity index (χ0) is 8.97. The first-order valence-electron chi connectivity index (χ1n) is 4.22. The summed E-state index contributed by atoms with van der Waals surface area (Å²) in [5.74, 6) is -0.207. The molecule has 0 saturated carbocycles. The number of halogens is 1. The van der Waals surface area contributed by atoms with E-state index in [-0.39, 0.29) is 30.5 Å². The van der Waals surface area contributed by atoms with Gasteiger partial charge in [0.2, 0.25) is 0 Å². The van der Waals surface area contributed by atoms with Crippen LogP contribution in [0.3, 0.4) is 0 Å². The van der Waals surface area contributed by atoms with Crippen LogP contribution in [0.5, 0.6) is 0 Å². The Labute approximate surface area is 84.4 Å². The summed E-state index contributed by atoms with van der Waals surface area (Å²) in [5, 5.41) is 3.04. The highest BCUT2D eigenvalue weighted by Crippen LogP contribution is 2.11. The minimum atomic E-state index is -0.269. The number of esters is 1. The Morgan fingerprint density at radius 1 is 1.62 bits per heavy atom. The molecule has 2 unspecified atom stereocenters. The summed E-state index contributed by atoms with van der Waals surface area (Å²) in [6, 6.07) is -0.269. The molecule has 1 saturated heterocycles. The summed E-state index contributed by atoms with van der Waals surface area (Å²) in [6.07, 6.45) is 0.851. The maximum Gasteiger partial charge on any atom is 0.325 e. The molecule has 0 aliphatic carbocycles. The van der Waals surface area contributed by atoms with Crippen molar-refractivity contribution < 1.29 is 14.3 Å². The average Bonchev–Trinajstić information content (AvgIpc) is 2.51. The van der Waals surface area contributed by atoms with Crippen LogP contribution in [0, 0.1) is 0 Å². The summed E-state index contributed by atoms with van der Waals surface area (Å²) >= 11 is 0. The molecule has 1 rings (SSSR count). The monoisotopic (exact) mass is 209 g/mol. The first kappa shape index (κ1) is 12.7. The predicted octanol–water partition coefficient (Wildman–Crippen LogP) is 0.348. The standard InChI is InChI=1S/C8H15NO3.ClH/c1-3-12-8(10)7-6(11-2)4-5-9-7;/h6-7,9H,3-5H2,1-2H3;1H. The van der Waals surface area contributed by atoms with Gasteiger partial charge in [-0.1, -0.05) is 0 Å². The lowest BCUT2D eigenvalue weighted by Gasteiger charge is -2.15. The zero-order valence-corrected chi connectivity index (χ0v) is 8.73. The topological polar surface area (TPSA) is 47.6 Å². The van der Waals surface area contributed by atoms with Gasteiger partial charge in [0.05, 0.1) is 12.7 Å². The van der Waals surface area contributed by atoms with Crippen LogP contribution in [0.15, 0.2) is 0 Å². The second kappa shape index (κ2) is 6.18. The second-order valence-corrected chi connectivity index (χ2v) is 2.75. The Morgan fingerprint density at radius 2 is 2.31 bits per heavy atom. The third-order valence-electron chi connectivity index (χ3n) is 2.01. The van der Waals surface area contributed by atoms with Gasteiger partial charge in [-0.3, -0.25) is 4.79 Å². The Morgan fingerprint density at radius 3 is 2.85 bits per heavy atom. The Kier molecular flexibility index (Phi) is 6.03. The summed E-state index contributed by atoms with van der Waals surface area (Å²) in [4.78, 5) is 11.2. The molecule has 1 fully saturated rings. The lowest BCUT2D eigenvalue weighted by atomic mass is 10.2. The fourth-order valence-electron chi connectivity index (χ4n) is 1.40. The molecule has 0 aromatic carbocycles. The average molecular weight is 210 g/mol. The lowest BCUT2D eigenvalue weighted by Crippen LogP contribution is -2.40. The molecule has 0 amide bonds. The van der Waals surface area contributed by atoms with E-state index in [1.165, 1.54) is 0 Å². The number of carbonyl (C=O) groups excluding carboxylic acids is 1. The van der Waals surface area contributed by atoms with E-state index in [4.69, 9.17) is 9.47 Å². The van der Waals surface area contributed by atoms with Crippen molar-refractivity contribution in [3.8, 4) is 0 Å². The highest BCUT2D eigenvalue weighted by Gasteiger charge is 2.33. The largest absolute Gasteiger partial charge is 0.465 e. The molecule has 0 aromatic rings. The van der Waals surface area contributed by atoms with E-state index in [0.717, 1.165) is 13.0 Å². The molecule has 13 heavy (non-hydrogen) atoms. The van der Waals surface area contributed by atoms with E-state index in [0.29, 0.717) is 6.61 Å². The first-order chi connectivity index (χ1) is 5.79. The van der Waals surface area contributed by atoms with Crippen molar-refractivity contribution >= 4 is 18.4 Å². The predicted molar refractivity (Wildman–Crippen MR) is 51.1 cm³/mol. The van der Waals surface area contributed by atoms with Crippen molar-refractivity contribution in [1.29, 1.82) is 0 Å². The molecule has 5 heteroatoms. The van der Waals surface area contributed by atoms with Gasteiger partial charge < -0.3 is 14.8 Å². The lowest BCUT2D eigenvalue weighted by molar-refractivity contribution is -0.148. The highest BCUT2D eigenvalue weighted by atomic mass is 35.5. The molecule has 1 heterocycles. The molecule has 4 nitrogen and oxygen atoms in total. The minimum Gasteiger partial charge on any atom is -0.465 e. The molecule has 0 spiro atoms. The van der Waals surface area contributed by atoms with Crippen LogP contribution in [-0.2, 0) is 14.3 Å². The van der Waals surface area contributed by atoms with Crippen molar-refractivity contribution in [1.82, 2.24) is 5.32 Å². The third kappa shape index (κ3) is 3.14. The molecule has 0 aromatic heterocycles. The van der Waals surface area contributed by atoms with Crippen LogP contribution in [0.25, 0.3) is 0 Å². The van der Waals surface area contributed by atoms with Crippen LogP contribution in [-0.4, -0.2) is 38.4 Å². The second-order valence-electron chi connectivity index (χ2n) is 2.75. The van der Waals surface area contributed by atoms with Crippen LogP contribution >= 0.6 is 12.4 Å². The minimum absolute atomic E-state index is 0. The van der Waals surface area contributed by atoms with Crippen molar-refractivity contribution in [2.24, 2.45) is 0 Å². The summed E-state index contributed by atoms with van der Waals surface area (Å²) < 4.78 is 10.0. The number of methoxy groups -OCH3 is 1. The Hall–Kier alpha value is -0.320. The summed E-state index contributed by atoms with van der Waals surface area (Å²) in [5.41, 5.74) is 0. The number of hydrogen-bond donors (Lipinski definition) is 1. The van der Waals surface area contributed by atoms with Crippen LogP contribution in [0.1, 0.15) is 13.3 Å². The van der Waals surface area contributed by atoms with Crippen molar-refractivity contribution in [2.45, 2.75) is 25.5 Å². The summed E-state index contributed by atoms with van der Waals surface area (Å²) in [7, 11) is 1.61. The van der Waals surface area contributed by atoms with Gasteiger partial charge in [0.1, 0.15) is 6.04 Å². The molecule has 78 valence electrons. The van der Waals surface area contributed by atoms with E-state index in [1.807, 2.05) is 0 Å². The van der Waals surface area contributed by atoms with E-state index >= 15 is 0 Å². The van der Waals surface area contributed by atoms with Gasteiger partial charge in [0, 0.05) is 7.11 Å². The molecule has 1 N–H and O–H groups in total. The van der Waals surface area contributed by atoms with Crippen LogP contribution in [0.2, 0.25) is 0 Å². The maximum atomic E-state index is 11.2. The molecule has 1 aliphatic rings. The highest BCUT2D eigenvalue weighted by molar-refractivity contribution is 5.85. The normalized spacial score (nSPS) is 26.6. The van der Waals surface area contributed by atoms with Gasteiger partial charge in [0.25, 0.3) is 0 Å². The number of ether oxygens (including phenoxy) is 2. The van der Waals surface area contributed by atoms with Crippen molar-refractivity contribution in [3.05, 3.63) is 0 Å². The molecular formula is C8H16ClNO3. The van der Waals surface area contributed by atoms with Gasteiger partial charge in [-0.05, 0) is 19.9 Å². The number of nitrogens with one attached hydrogen (secondary N) is 1. The number of carbonyl (C=O) groups is 1. The van der Waals surface area contributed by atoms with Crippen molar-refractivity contribution in [2.75, 3.05) is 20.3 Å². The van der Waals surface area contributed by atoms with Gasteiger partial charge in [0.15, 0.2) is 0 Å². The molecule has 1 aliphatic heterocycles. The third-order valence-corrected chi connectivity index (χ3v) is 2.01. The quantitative estimate of drug-likeness (QED) is 0.682. The number of rotatable bonds is 3. The smallest absolute Gasteiger partial charge is 0.325 e. The van der Waals surface area contributed by atoms with E-state index in [9.17, 15) is 4.79 Å². The fourth-order valence-corrected chi connectivity index (χ4v) is 1.40. The summed E-state index contributed by atoms with van der Waals surface area (Å²) in [6.45, 7) is 3.05. The Bertz CT molecular complexity index is 165. The fraction of sp³-hybridized carbons (Fsp3) is 0.875. The van der Waals surface area contributed by atoms with E-state index in [2.05, 4.69) is 5.32 Å². The van der Waals surface area contributed by atoms with Crippen LogP contribution < -0.4 is 5.32 Å². The number of hydrogen-bond acceptors (Lipinski definition) is 4. The van der Waals surface area contributed by atoms with Gasteiger partial charge in [-0.2, -0.15) is 0 Å². The van der Waals surface area contributed by atoms with Gasteiger partial charge in [-0.15, -0.1) is 12.4 Å². The van der Waals surface area contributed by atoms with Gasteiger partial charge >= 0.3 is 5.97 Å². The van der Waals surface area contributed by atoms with E-state index < -0.39 is 0 Å². The first-order valence-corrected chi connectivity index (χ1v) is 4.22. The maximum absolute atomic E-state index is 11.2. The van der Waals surface area contributed by atoms with Gasteiger partial charge in [-0.25, -0.2) is 0 Å². The SMILES string of the molecule is CCOC(=O)C1NCCC1OC.Cl. The molecular weight excluding hydrogens is 194 g/mol. The Balaban J connectivity index is 0.00000144. The molecule has 0 radical (unpaired) electrons. The molecule has 2 atom stereocenters. The van der Waals surface area contributed by atoms with Crippen molar-refractivity contribution in [3.63, 3.8) is 0 Å². The van der Waals surface area contributed by atoms with Crippen LogP contribution in [0.4, 0.5) is 0 Å². The molecule has 0 bridgehead atoms. The zero-order valence-electron chi connectivity index (χ0n) is 7.91. The van der Waals surface area contributed by atoms with E-state index in [1.54, 1.807) is 14.0 Å².